The summed E-state index contributed by atoms with van der Waals surface area (Å²) in [5.41, 5.74) is 6.69. The molecule has 3 atom stereocenters. The third kappa shape index (κ3) is 9.37. The van der Waals surface area contributed by atoms with Gasteiger partial charge in [-0.25, -0.2) is 9.59 Å². The van der Waals surface area contributed by atoms with E-state index in [-0.39, 0.29) is 18.6 Å². The van der Waals surface area contributed by atoms with Crippen LogP contribution in [0.25, 0.3) is 10.9 Å². The second-order valence-electron chi connectivity index (χ2n) is 9.31. The van der Waals surface area contributed by atoms with Crippen LogP contribution in [0.2, 0.25) is 0 Å². The predicted molar refractivity (Wildman–Crippen MR) is 158 cm³/mol. The van der Waals surface area contributed by atoms with E-state index in [0.29, 0.717) is 22.5 Å². The standard InChI is InChI=1S/C28H32N6O7S/c1-42-13-11-20(25(37)31-19-6-2-4-17-5-3-12-30-24(17)19)33-28(41)34-21(14-16-7-9-18(35)10-8-16)26(38)32-22(27(39)40)15-23(29)36/h2-10,12,20-22,35H,11,13-15H2,1H3,(H2,29,36)(H,31,37)(H,32,38)(H,39,40)(H2,33,34,41)/t20?,21-,22+/m1/s1. The van der Waals surface area contributed by atoms with Gasteiger partial charge in [0.25, 0.3) is 0 Å². The largest absolute Gasteiger partial charge is 0.508 e. The lowest BCUT2D eigenvalue weighted by Crippen LogP contribution is -2.57. The molecule has 0 saturated carbocycles. The number of carboxylic acids is 1. The van der Waals surface area contributed by atoms with Crippen molar-refractivity contribution in [1.82, 2.24) is 20.9 Å². The van der Waals surface area contributed by atoms with E-state index in [2.05, 4.69) is 26.3 Å². The molecule has 0 radical (unpaired) electrons. The van der Waals surface area contributed by atoms with Crippen LogP contribution >= 0.6 is 11.8 Å². The molecular weight excluding hydrogens is 564 g/mol. The fourth-order valence-electron chi connectivity index (χ4n) is 4.04. The lowest BCUT2D eigenvalue weighted by Gasteiger charge is -2.23. The molecule has 0 bridgehead atoms. The van der Waals surface area contributed by atoms with Crippen LogP contribution in [0, 0.1) is 0 Å². The van der Waals surface area contributed by atoms with Crippen LogP contribution in [-0.2, 0) is 25.6 Å². The average Bonchev–Trinajstić information content (AvgIpc) is 2.95. The molecule has 2 aromatic carbocycles. The summed E-state index contributed by atoms with van der Waals surface area (Å²) in [5, 5.41) is 29.9. The summed E-state index contributed by atoms with van der Waals surface area (Å²) in [6, 6.07) is 10.0. The Hall–Kier alpha value is -4.85. The number of fused-ring (bicyclic) bond motifs is 1. The number of amides is 5. The highest BCUT2D eigenvalue weighted by molar-refractivity contribution is 7.98. The molecule has 1 aromatic heterocycles. The molecular formula is C28H32N6O7S. The van der Waals surface area contributed by atoms with Gasteiger partial charge in [0.2, 0.25) is 17.7 Å². The smallest absolute Gasteiger partial charge is 0.326 e. The van der Waals surface area contributed by atoms with Crippen molar-refractivity contribution in [3.8, 4) is 5.75 Å². The number of hydrogen-bond acceptors (Lipinski definition) is 8. The molecule has 14 heteroatoms. The quantitative estimate of drug-likeness (QED) is 0.143. The summed E-state index contributed by atoms with van der Waals surface area (Å²) in [7, 11) is 0. The second-order valence-corrected chi connectivity index (χ2v) is 10.3. The number of urea groups is 1. The molecule has 0 spiro atoms. The molecule has 3 aromatic rings. The first kappa shape index (κ1) is 31.7. The predicted octanol–water partition coefficient (Wildman–Crippen LogP) is 1.36. The maximum absolute atomic E-state index is 13.3. The number of benzene rings is 2. The minimum Gasteiger partial charge on any atom is -0.508 e. The normalized spacial score (nSPS) is 12.9. The summed E-state index contributed by atoms with van der Waals surface area (Å²) in [5.74, 6) is -3.28. The Morgan fingerprint density at radius 3 is 2.26 bits per heavy atom. The average molecular weight is 597 g/mol. The molecule has 1 heterocycles. The SMILES string of the molecule is CSCCC(NC(=O)N[C@H](Cc1ccc(O)cc1)C(=O)N[C@@H](CC(N)=O)C(=O)O)C(=O)Nc1cccc2cccnc12. The van der Waals surface area contributed by atoms with Gasteiger partial charge in [-0.05, 0) is 48.3 Å². The van der Waals surface area contributed by atoms with E-state index in [1.807, 2.05) is 18.4 Å². The van der Waals surface area contributed by atoms with Crippen LogP contribution in [0.3, 0.4) is 0 Å². The van der Waals surface area contributed by atoms with E-state index < -0.39 is 54.3 Å². The zero-order valence-electron chi connectivity index (χ0n) is 22.7. The van der Waals surface area contributed by atoms with Gasteiger partial charge in [0.05, 0.1) is 17.6 Å². The van der Waals surface area contributed by atoms with Crippen LogP contribution in [-0.4, -0.2) is 75.1 Å². The van der Waals surface area contributed by atoms with Crippen molar-refractivity contribution in [3.63, 3.8) is 0 Å². The number of hydrogen-bond donors (Lipinski definition) is 7. The molecule has 5 amide bonds. The number of aromatic hydroxyl groups is 1. The van der Waals surface area contributed by atoms with Crippen LogP contribution in [0.15, 0.2) is 60.8 Å². The monoisotopic (exact) mass is 596 g/mol. The van der Waals surface area contributed by atoms with Gasteiger partial charge < -0.3 is 37.2 Å². The number of nitrogens with zero attached hydrogens (tertiary/aromatic N) is 1. The Labute approximate surface area is 245 Å². The molecule has 0 aliphatic rings. The van der Waals surface area contributed by atoms with Crippen molar-refractivity contribution < 1.29 is 34.2 Å². The van der Waals surface area contributed by atoms with E-state index in [0.717, 1.165) is 5.39 Å². The van der Waals surface area contributed by atoms with Crippen LogP contribution in [0.5, 0.6) is 5.75 Å². The van der Waals surface area contributed by atoms with Gasteiger partial charge in [0, 0.05) is 18.0 Å². The maximum atomic E-state index is 13.3. The van der Waals surface area contributed by atoms with Crippen molar-refractivity contribution in [3.05, 3.63) is 66.4 Å². The van der Waals surface area contributed by atoms with Crippen LogP contribution in [0.1, 0.15) is 18.4 Å². The number of carboxylic acid groups (broad SMARTS) is 1. The van der Waals surface area contributed by atoms with Gasteiger partial charge in [-0.15, -0.1) is 0 Å². The van der Waals surface area contributed by atoms with Crippen molar-refractivity contribution >= 4 is 58.1 Å². The van der Waals surface area contributed by atoms with Gasteiger partial charge in [0.15, 0.2) is 0 Å². The van der Waals surface area contributed by atoms with Gasteiger partial charge in [-0.1, -0.05) is 30.3 Å². The molecule has 0 saturated heterocycles. The van der Waals surface area contributed by atoms with Crippen LogP contribution < -0.4 is 27.0 Å². The van der Waals surface area contributed by atoms with Gasteiger partial charge in [-0.3, -0.25) is 19.4 Å². The first-order valence-electron chi connectivity index (χ1n) is 12.9. The summed E-state index contributed by atoms with van der Waals surface area (Å²) in [6.07, 6.45) is 2.98. The topological polar surface area (TPSA) is 213 Å². The Morgan fingerprint density at radius 1 is 0.905 bits per heavy atom. The number of aliphatic carboxylic acids is 1. The zero-order chi connectivity index (χ0) is 30.6. The number of phenolic OH excluding ortho intramolecular Hbond substituents is 1. The van der Waals surface area contributed by atoms with Crippen molar-refractivity contribution in [2.24, 2.45) is 5.73 Å². The molecule has 0 aliphatic heterocycles. The molecule has 222 valence electrons. The number of rotatable bonds is 14. The number of nitrogens with one attached hydrogen (secondary N) is 4. The minimum atomic E-state index is -1.61. The number of nitrogens with two attached hydrogens (primary N) is 1. The van der Waals surface area contributed by atoms with E-state index in [4.69, 9.17) is 5.73 Å². The molecule has 13 nitrogen and oxygen atoms in total. The lowest BCUT2D eigenvalue weighted by atomic mass is 10.0. The number of phenols is 1. The molecule has 3 rings (SSSR count). The van der Waals surface area contributed by atoms with Gasteiger partial charge in [-0.2, -0.15) is 11.8 Å². The van der Waals surface area contributed by atoms with E-state index in [1.165, 1.54) is 36.0 Å². The lowest BCUT2D eigenvalue weighted by molar-refractivity contribution is -0.143. The highest BCUT2D eigenvalue weighted by atomic mass is 32.2. The number of anilines is 1. The Balaban J connectivity index is 1.78. The first-order chi connectivity index (χ1) is 20.1. The zero-order valence-corrected chi connectivity index (χ0v) is 23.5. The van der Waals surface area contributed by atoms with Gasteiger partial charge >= 0.3 is 12.0 Å². The van der Waals surface area contributed by atoms with Crippen molar-refractivity contribution in [2.75, 3.05) is 17.3 Å². The van der Waals surface area contributed by atoms with E-state index >= 15 is 0 Å². The molecule has 1 unspecified atom stereocenters. The first-order valence-corrected chi connectivity index (χ1v) is 14.3. The maximum Gasteiger partial charge on any atom is 0.326 e. The number of thioether (sulfide) groups is 1. The van der Waals surface area contributed by atoms with Gasteiger partial charge in [0.1, 0.15) is 23.9 Å². The second kappa shape index (κ2) is 15.2. The highest BCUT2D eigenvalue weighted by Gasteiger charge is 2.29. The number of para-hydroxylation sites is 1. The number of pyridine rings is 1. The Kier molecular flexibility index (Phi) is 11.5. The summed E-state index contributed by atoms with van der Waals surface area (Å²) >= 11 is 1.48. The number of carbonyl (C=O) groups excluding carboxylic acids is 4. The molecule has 0 aliphatic carbocycles. The Bertz CT molecular complexity index is 1430. The third-order valence-electron chi connectivity index (χ3n) is 6.14. The van der Waals surface area contributed by atoms with Crippen LogP contribution in [0.4, 0.5) is 10.5 Å². The van der Waals surface area contributed by atoms with E-state index in [9.17, 15) is 34.2 Å². The minimum absolute atomic E-state index is 0.0121. The Morgan fingerprint density at radius 2 is 1.60 bits per heavy atom. The highest BCUT2D eigenvalue weighted by Crippen LogP contribution is 2.21. The molecule has 8 N–H and O–H groups in total. The number of primary amides is 1. The van der Waals surface area contributed by atoms with Crippen molar-refractivity contribution in [2.45, 2.75) is 37.4 Å². The third-order valence-corrected chi connectivity index (χ3v) is 6.78. The fourth-order valence-corrected chi connectivity index (χ4v) is 4.51. The van der Waals surface area contributed by atoms with E-state index in [1.54, 1.807) is 24.4 Å². The number of carbonyl (C=O) groups is 5. The summed E-state index contributed by atoms with van der Waals surface area (Å²) < 4.78 is 0. The molecule has 0 fully saturated rings. The fraction of sp³-hybridized carbons (Fsp3) is 0.286. The summed E-state index contributed by atoms with van der Waals surface area (Å²) in [4.78, 5) is 66.7. The van der Waals surface area contributed by atoms with Crippen molar-refractivity contribution in [1.29, 1.82) is 0 Å². The molecule has 42 heavy (non-hydrogen) atoms. The summed E-state index contributed by atoms with van der Waals surface area (Å²) in [6.45, 7) is 0. The number of aromatic nitrogens is 1.